The van der Waals surface area contributed by atoms with Crippen molar-refractivity contribution in [3.05, 3.63) is 35.4 Å². The first kappa shape index (κ1) is 12.5. The van der Waals surface area contributed by atoms with Gasteiger partial charge < -0.3 is 10.8 Å². The third kappa shape index (κ3) is 3.23. The largest absolute Gasteiger partial charge is 0.481 e. The van der Waals surface area contributed by atoms with E-state index in [9.17, 15) is 18.0 Å². The number of carboxylic acid groups (broad SMARTS) is 1. The van der Waals surface area contributed by atoms with Crippen LogP contribution in [0.25, 0.3) is 0 Å². The Balaban J connectivity index is 2.94. The van der Waals surface area contributed by atoms with Crippen molar-refractivity contribution in [2.24, 2.45) is 5.73 Å². The van der Waals surface area contributed by atoms with Gasteiger partial charge in [-0.05, 0) is 11.1 Å². The number of hydrogen-bond acceptors (Lipinski definition) is 2. The molecular formula is C10H10F3NO2. The van der Waals surface area contributed by atoms with Crippen molar-refractivity contribution in [2.75, 3.05) is 0 Å². The van der Waals surface area contributed by atoms with Crippen LogP contribution in [-0.2, 0) is 11.2 Å². The minimum Gasteiger partial charge on any atom is -0.481 e. The van der Waals surface area contributed by atoms with E-state index in [1.807, 2.05) is 0 Å². The molecule has 0 radical (unpaired) electrons. The molecule has 0 saturated carbocycles. The number of carbonyl (C=O) groups is 1. The van der Waals surface area contributed by atoms with Crippen LogP contribution in [0.2, 0.25) is 0 Å². The maximum absolute atomic E-state index is 12.3. The zero-order chi connectivity index (χ0) is 12.3. The highest BCUT2D eigenvalue weighted by atomic mass is 19.4. The van der Waals surface area contributed by atoms with E-state index in [0.717, 1.165) is 6.07 Å². The summed E-state index contributed by atoms with van der Waals surface area (Å²) in [6, 6.07) is 3.11. The topological polar surface area (TPSA) is 63.3 Å². The molecule has 1 aromatic rings. The normalized spacial score (nSPS) is 13.5. The van der Waals surface area contributed by atoms with Gasteiger partial charge in [-0.15, -0.1) is 0 Å². The molecule has 1 aromatic carbocycles. The summed E-state index contributed by atoms with van der Waals surface area (Å²) in [4.78, 5) is 10.4. The van der Waals surface area contributed by atoms with Gasteiger partial charge in [0.15, 0.2) is 0 Å². The minimum atomic E-state index is -4.53. The number of nitrogens with two attached hydrogens (primary N) is 1. The smallest absolute Gasteiger partial charge is 0.407 e. The third-order valence-electron chi connectivity index (χ3n) is 2.02. The SMILES string of the molecule is NC(c1cccc(CC(=O)O)c1)C(F)(F)F. The molecule has 0 heterocycles. The van der Waals surface area contributed by atoms with Crippen molar-refractivity contribution >= 4 is 5.97 Å². The fourth-order valence-electron chi connectivity index (χ4n) is 1.26. The van der Waals surface area contributed by atoms with Gasteiger partial charge in [-0.3, -0.25) is 4.79 Å². The molecule has 0 aliphatic heterocycles. The summed E-state index contributed by atoms with van der Waals surface area (Å²) in [5.74, 6) is -1.10. The number of hydrogen-bond donors (Lipinski definition) is 2. The summed E-state index contributed by atoms with van der Waals surface area (Å²) in [5.41, 5.74) is 5.16. The van der Waals surface area contributed by atoms with E-state index < -0.39 is 18.2 Å². The van der Waals surface area contributed by atoms with Crippen molar-refractivity contribution in [3.8, 4) is 0 Å². The molecule has 0 spiro atoms. The molecule has 0 bridgehead atoms. The molecule has 0 aromatic heterocycles. The fourth-order valence-corrected chi connectivity index (χ4v) is 1.26. The summed E-state index contributed by atoms with van der Waals surface area (Å²) in [6.07, 6.45) is -4.85. The Morgan fingerprint density at radius 2 is 2.06 bits per heavy atom. The molecule has 88 valence electrons. The van der Waals surface area contributed by atoms with E-state index >= 15 is 0 Å². The molecule has 3 nitrogen and oxygen atoms in total. The maximum Gasteiger partial charge on any atom is 0.407 e. The average molecular weight is 233 g/mol. The lowest BCUT2D eigenvalue weighted by Crippen LogP contribution is -2.28. The lowest BCUT2D eigenvalue weighted by atomic mass is 10.0. The highest BCUT2D eigenvalue weighted by Crippen LogP contribution is 2.30. The molecule has 0 amide bonds. The van der Waals surface area contributed by atoms with Gasteiger partial charge in [0.1, 0.15) is 6.04 Å². The van der Waals surface area contributed by atoms with E-state index in [0.29, 0.717) is 5.56 Å². The minimum absolute atomic E-state index is 0.133. The average Bonchev–Trinajstić information content (AvgIpc) is 2.14. The molecule has 0 aliphatic rings. The summed E-state index contributed by atoms with van der Waals surface area (Å²) >= 11 is 0. The Bertz CT molecular complexity index is 390. The zero-order valence-corrected chi connectivity index (χ0v) is 8.16. The van der Waals surface area contributed by atoms with Crippen LogP contribution in [0.1, 0.15) is 17.2 Å². The summed E-state index contributed by atoms with van der Waals surface area (Å²) < 4.78 is 36.9. The molecule has 3 N–H and O–H groups in total. The van der Waals surface area contributed by atoms with E-state index in [1.54, 1.807) is 0 Å². The van der Waals surface area contributed by atoms with Gasteiger partial charge in [0.2, 0.25) is 0 Å². The first-order valence-corrected chi connectivity index (χ1v) is 4.43. The maximum atomic E-state index is 12.3. The van der Waals surface area contributed by atoms with Gasteiger partial charge in [0.05, 0.1) is 6.42 Å². The van der Waals surface area contributed by atoms with Gasteiger partial charge in [0.25, 0.3) is 0 Å². The number of alkyl halides is 3. The summed E-state index contributed by atoms with van der Waals surface area (Å²) in [5, 5.41) is 8.50. The zero-order valence-electron chi connectivity index (χ0n) is 8.16. The Kier molecular flexibility index (Phi) is 3.54. The second-order valence-corrected chi connectivity index (χ2v) is 3.33. The second kappa shape index (κ2) is 4.52. The van der Waals surface area contributed by atoms with E-state index in [-0.39, 0.29) is 12.0 Å². The Labute approximate surface area is 89.7 Å². The molecule has 16 heavy (non-hydrogen) atoms. The number of carboxylic acids is 1. The van der Waals surface area contributed by atoms with Crippen LogP contribution in [-0.4, -0.2) is 17.3 Å². The molecule has 6 heteroatoms. The Morgan fingerprint density at radius 3 is 2.56 bits per heavy atom. The van der Waals surface area contributed by atoms with Crippen LogP contribution in [0.3, 0.4) is 0 Å². The predicted molar refractivity (Wildman–Crippen MR) is 50.8 cm³/mol. The first-order valence-electron chi connectivity index (χ1n) is 4.43. The number of rotatable bonds is 3. The van der Waals surface area contributed by atoms with Crippen LogP contribution < -0.4 is 5.73 Å². The van der Waals surface area contributed by atoms with E-state index in [1.165, 1.54) is 18.2 Å². The van der Waals surface area contributed by atoms with E-state index in [2.05, 4.69) is 0 Å². The Morgan fingerprint density at radius 1 is 1.44 bits per heavy atom. The van der Waals surface area contributed by atoms with Crippen LogP contribution in [0, 0.1) is 0 Å². The van der Waals surface area contributed by atoms with Crippen LogP contribution in [0.15, 0.2) is 24.3 Å². The summed E-state index contributed by atoms with van der Waals surface area (Å²) in [7, 11) is 0. The summed E-state index contributed by atoms with van der Waals surface area (Å²) in [6.45, 7) is 0. The quantitative estimate of drug-likeness (QED) is 0.837. The van der Waals surface area contributed by atoms with Gasteiger partial charge in [-0.25, -0.2) is 0 Å². The van der Waals surface area contributed by atoms with Crippen molar-refractivity contribution in [1.82, 2.24) is 0 Å². The predicted octanol–water partition coefficient (Wildman–Crippen LogP) is 1.88. The molecule has 1 atom stereocenters. The lowest BCUT2D eigenvalue weighted by molar-refractivity contribution is -0.149. The number of halogens is 3. The molecular weight excluding hydrogens is 223 g/mol. The van der Waals surface area contributed by atoms with Crippen LogP contribution in [0.5, 0.6) is 0 Å². The molecule has 0 saturated heterocycles. The highest BCUT2D eigenvalue weighted by molar-refractivity contribution is 5.70. The fraction of sp³-hybridized carbons (Fsp3) is 0.300. The molecule has 0 aliphatic carbocycles. The lowest BCUT2D eigenvalue weighted by Gasteiger charge is -2.16. The number of aliphatic carboxylic acids is 1. The Hall–Kier alpha value is -1.56. The number of benzene rings is 1. The van der Waals surface area contributed by atoms with Crippen molar-refractivity contribution in [2.45, 2.75) is 18.6 Å². The van der Waals surface area contributed by atoms with E-state index in [4.69, 9.17) is 10.8 Å². The first-order chi connectivity index (χ1) is 7.30. The third-order valence-corrected chi connectivity index (χ3v) is 2.02. The highest BCUT2D eigenvalue weighted by Gasteiger charge is 2.37. The van der Waals surface area contributed by atoms with Crippen LogP contribution >= 0.6 is 0 Å². The second-order valence-electron chi connectivity index (χ2n) is 3.33. The van der Waals surface area contributed by atoms with Gasteiger partial charge >= 0.3 is 12.1 Å². The van der Waals surface area contributed by atoms with Crippen molar-refractivity contribution < 1.29 is 23.1 Å². The standard InChI is InChI=1S/C10H10F3NO2/c11-10(12,13)9(14)7-3-1-2-6(4-7)5-8(15)16/h1-4,9H,5,14H2,(H,15,16). The van der Waals surface area contributed by atoms with Crippen molar-refractivity contribution in [1.29, 1.82) is 0 Å². The van der Waals surface area contributed by atoms with Gasteiger partial charge in [-0.2, -0.15) is 13.2 Å². The van der Waals surface area contributed by atoms with Crippen LogP contribution in [0.4, 0.5) is 13.2 Å². The van der Waals surface area contributed by atoms with Gasteiger partial charge in [0, 0.05) is 0 Å². The molecule has 1 rings (SSSR count). The monoisotopic (exact) mass is 233 g/mol. The van der Waals surface area contributed by atoms with Crippen molar-refractivity contribution in [3.63, 3.8) is 0 Å². The molecule has 0 fully saturated rings. The van der Waals surface area contributed by atoms with Gasteiger partial charge in [-0.1, -0.05) is 24.3 Å². The molecule has 1 unspecified atom stereocenters.